The van der Waals surface area contributed by atoms with Crippen LogP contribution in [-0.4, -0.2) is 33.3 Å². The van der Waals surface area contributed by atoms with E-state index >= 15 is 0 Å². The van der Waals surface area contributed by atoms with Gasteiger partial charge in [0.1, 0.15) is 5.71 Å². The van der Waals surface area contributed by atoms with Crippen molar-refractivity contribution < 1.29 is 18.0 Å². The van der Waals surface area contributed by atoms with Gasteiger partial charge in [-0.1, -0.05) is 35.9 Å². The van der Waals surface area contributed by atoms with Gasteiger partial charge in [0.25, 0.3) is 5.91 Å². The molecule has 0 fully saturated rings. The van der Waals surface area contributed by atoms with Gasteiger partial charge >= 0.3 is 6.18 Å². The van der Waals surface area contributed by atoms with Gasteiger partial charge in [0.2, 0.25) is 0 Å². The number of carbonyl (C=O) groups excluding carboxylic acids is 1. The second-order valence-corrected chi connectivity index (χ2v) is 7.73. The summed E-state index contributed by atoms with van der Waals surface area (Å²) in [6.07, 6.45) is -5.51. The van der Waals surface area contributed by atoms with Crippen molar-refractivity contribution in [3.05, 3.63) is 82.1 Å². The number of nitrogens with zero attached hydrogens (tertiary/aromatic N) is 3. The molecule has 10 heteroatoms. The molecule has 33 heavy (non-hydrogen) atoms. The van der Waals surface area contributed by atoms with Gasteiger partial charge in [-0.2, -0.15) is 18.3 Å². The van der Waals surface area contributed by atoms with Crippen molar-refractivity contribution in [3.8, 4) is 0 Å². The predicted molar refractivity (Wildman–Crippen MR) is 122 cm³/mol. The van der Waals surface area contributed by atoms with Crippen LogP contribution in [0.3, 0.4) is 0 Å². The average Bonchev–Trinajstić information content (AvgIpc) is 3.09. The van der Waals surface area contributed by atoms with E-state index in [4.69, 9.17) is 17.0 Å². The van der Waals surface area contributed by atoms with E-state index in [0.717, 1.165) is 5.69 Å². The molecule has 1 amide bonds. The Bertz CT molecular complexity index is 1180. The fourth-order valence-electron chi connectivity index (χ4n) is 2.97. The van der Waals surface area contributed by atoms with Gasteiger partial charge in [-0.15, -0.1) is 0 Å². The first-order chi connectivity index (χ1) is 15.5. The zero-order valence-electron chi connectivity index (χ0n) is 17.9. The van der Waals surface area contributed by atoms with Crippen LogP contribution in [0.5, 0.6) is 0 Å². The minimum atomic E-state index is -4.77. The van der Waals surface area contributed by atoms with E-state index in [1.165, 1.54) is 24.3 Å². The van der Waals surface area contributed by atoms with Gasteiger partial charge in [0, 0.05) is 24.7 Å². The maximum absolute atomic E-state index is 13.0. The van der Waals surface area contributed by atoms with Crippen molar-refractivity contribution in [1.82, 2.24) is 15.1 Å². The van der Waals surface area contributed by atoms with Crippen molar-refractivity contribution in [2.45, 2.75) is 26.1 Å². The predicted octanol–water partition coefficient (Wildman–Crippen LogP) is 5.40. The second kappa shape index (κ2) is 9.99. The Morgan fingerprint density at radius 2 is 1.79 bits per heavy atom. The molecule has 1 heterocycles. The third kappa shape index (κ3) is 6.29. The number of hydrogen-bond donors (Lipinski definition) is 2. The average molecular weight is 476 g/mol. The Kier molecular flexibility index (Phi) is 7.33. The highest BCUT2D eigenvalue weighted by Gasteiger charge is 2.35. The van der Waals surface area contributed by atoms with E-state index in [9.17, 15) is 18.0 Å². The summed E-state index contributed by atoms with van der Waals surface area (Å²) < 4.78 is 40.7. The molecule has 0 aliphatic heterocycles. The molecule has 0 atom stereocenters. The van der Waals surface area contributed by atoms with Gasteiger partial charge < -0.3 is 10.7 Å². The van der Waals surface area contributed by atoms with Crippen molar-refractivity contribution in [2.75, 3.05) is 0 Å². The fraction of sp³-hybridized carbons (Fsp3) is 0.217. The Morgan fingerprint density at radius 1 is 1.15 bits per heavy atom. The van der Waals surface area contributed by atoms with E-state index in [0.29, 0.717) is 16.8 Å². The molecule has 0 saturated carbocycles. The Balaban J connectivity index is 1.81. The summed E-state index contributed by atoms with van der Waals surface area (Å²) in [6.45, 7) is 2.14. The smallest absolute Gasteiger partial charge is 0.346 e. The monoisotopic (exact) mass is 475 g/mol. The number of benzene rings is 2. The number of halogens is 4. The molecule has 0 spiro atoms. The number of para-hydroxylation sites is 1. The lowest BCUT2D eigenvalue weighted by atomic mass is 10.0. The topological polar surface area (TPSA) is 83.1 Å². The maximum atomic E-state index is 13.0. The van der Waals surface area contributed by atoms with E-state index in [1.807, 2.05) is 13.0 Å². The highest BCUT2D eigenvalue weighted by Crippen LogP contribution is 2.27. The highest BCUT2D eigenvalue weighted by molar-refractivity contribution is 6.33. The Labute approximate surface area is 193 Å². The van der Waals surface area contributed by atoms with Crippen LogP contribution in [0, 0.1) is 12.3 Å². The van der Waals surface area contributed by atoms with Crippen LogP contribution in [0.25, 0.3) is 0 Å². The van der Waals surface area contributed by atoms with Gasteiger partial charge in [-0.25, -0.2) is 0 Å². The molecule has 3 aromatic rings. The number of alkyl halides is 3. The molecular formula is C23H21ClF3N5O. The van der Waals surface area contributed by atoms with Crippen LogP contribution >= 0.6 is 11.6 Å². The first kappa shape index (κ1) is 24.2. The van der Waals surface area contributed by atoms with Crippen LogP contribution in [0.1, 0.15) is 33.7 Å². The maximum Gasteiger partial charge on any atom is 0.429 e. The second-order valence-electron chi connectivity index (χ2n) is 7.32. The third-order valence-corrected chi connectivity index (χ3v) is 5.19. The minimum Gasteiger partial charge on any atom is -0.346 e. The fourth-order valence-corrected chi connectivity index (χ4v) is 3.15. The summed E-state index contributed by atoms with van der Waals surface area (Å²) >= 11 is 6.10. The summed E-state index contributed by atoms with van der Waals surface area (Å²) in [5.74, 6) is -0.350. The first-order valence-electron chi connectivity index (χ1n) is 9.89. The normalized spacial score (nSPS) is 12.0. The Hall–Kier alpha value is -3.46. The highest BCUT2D eigenvalue weighted by atomic mass is 35.5. The summed E-state index contributed by atoms with van der Waals surface area (Å²) in [7, 11) is 1.81. The summed E-state index contributed by atoms with van der Waals surface area (Å²) in [6, 6.07) is 14.3. The number of carbonyl (C=O) groups is 1. The van der Waals surface area contributed by atoms with Crippen molar-refractivity contribution in [1.29, 1.82) is 5.41 Å². The molecular weight excluding hydrogens is 455 g/mol. The van der Waals surface area contributed by atoms with Gasteiger partial charge in [0.05, 0.1) is 28.7 Å². The van der Waals surface area contributed by atoms with Crippen molar-refractivity contribution >= 4 is 34.6 Å². The minimum absolute atomic E-state index is 0.0151. The molecule has 1 aromatic heterocycles. The molecule has 0 bridgehead atoms. The van der Waals surface area contributed by atoms with Crippen LogP contribution in [0.4, 0.5) is 18.9 Å². The number of nitrogens with one attached hydrogen (secondary N) is 2. The van der Waals surface area contributed by atoms with E-state index in [-0.39, 0.29) is 28.9 Å². The molecule has 3 rings (SSSR count). The lowest BCUT2D eigenvalue weighted by molar-refractivity contribution is -0.0605. The van der Waals surface area contributed by atoms with Crippen LogP contribution in [-0.2, 0) is 13.6 Å². The molecule has 0 saturated heterocycles. The number of hydrogen-bond acceptors (Lipinski definition) is 4. The van der Waals surface area contributed by atoms with Gasteiger partial charge in [-0.05, 0) is 42.8 Å². The van der Waals surface area contributed by atoms with Crippen LogP contribution in [0.2, 0.25) is 5.02 Å². The van der Waals surface area contributed by atoms with E-state index in [1.54, 1.807) is 36.0 Å². The van der Waals surface area contributed by atoms with E-state index in [2.05, 4.69) is 15.4 Å². The number of aliphatic imine (C=N–C) groups is 1. The Morgan fingerprint density at radius 3 is 2.36 bits per heavy atom. The molecule has 0 aliphatic carbocycles. The third-order valence-electron chi connectivity index (χ3n) is 4.87. The van der Waals surface area contributed by atoms with Crippen LogP contribution < -0.4 is 5.32 Å². The standard InChI is InChI=1S/C23H21ClF3N5O/c1-14-11-17(31-32(14)2)13-29-22(33)16-9-7-15(8-10-16)20(12-21(28)23(25,26)27)30-19-6-4-3-5-18(19)24/h3-11,28H,12-13H2,1-2H3,(H,29,33). The summed E-state index contributed by atoms with van der Waals surface area (Å²) in [4.78, 5) is 16.7. The van der Waals surface area contributed by atoms with E-state index < -0.39 is 18.3 Å². The van der Waals surface area contributed by atoms with Crippen molar-refractivity contribution in [2.24, 2.45) is 12.0 Å². The molecule has 0 unspecified atom stereocenters. The van der Waals surface area contributed by atoms with Gasteiger partial charge in [0.15, 0.2) is 0 Å². The molecule has 2 aromatic carbocycles. The number of aromatic nitrogens is 2. The number of aryl methyl sites for hydroxylation is 2. The quantitative estimate of drug-likeness (QED) is 0.448. The van der Waals surface area contributed by atoms with Crippen LogP contribution in [0.15, 0.2) is 59.6 Å². The molecule has 0 radical (unpaired) electrons. The molecule has 172 valence electrons. The first-order valence-corrected chi connectivity index (χ1v) is 10.3. The molecule has 0 aliphatic rings. The van der Waals surface area contributed by atoms with Crippen molar-refractivity contribution in [3.63, 3.8) is 0 Å². The number of amides is 1. The molecule has 2 N–H and O–H groups in total. The summed E-state index contributed by atoms with van der Waals surface area (Å²) in [5, 5.41) is 14.7. The SMILES string of the molecule is Cc1cc(CNC(=O)c2ccc(C(CC(=N)C(F)(F)F)=Nc3ccccc3Cl)cc2)nn1C. The summed E-state index contributed by atoms with van der Waals surface area (Å²) in [5.41, 5.74) is 1.21. The zero-order chi connectivity index (χ0) is 24.2. The lowest BCUT2D eigenvalue weighted by Gasteiger charge is -2.12. The largest absolute Gasteiger partial charge is 0.429 e. The zero-order valence-corrected chi connectivity index (χ0v) is 18.6. The number of rotatable bonds is 7. The van der Waals surface area contributed by atoms with Gasteiger partial charge in [-0.3, -0.25) is 14.5 Å². The lowest BCUT2D eigenvalue weighted by Crippen LogP contribution is -2.25. The molecule has 6 nitrogen and oxygen atoms in total.